The van der Waals surface area contributed by atoms with Crippen molar-refractivity contribution in [1.29, 1.82) is 0 Å². The Bertz CT molecular complexity index is 1010. The standard InChI is InChI=1S/C22H24ClN5O/c23-18-6-5-16(13-17(18)21-25-19-3-1-2-4-20(19)26-21)28-10-7-15(14-28)22(29)27-11-8-24-9-12-27/h1-6,13,15,24H,7-12,14H2,(H,25,26). The van der Waals surface area contributed by atoms with Gasteiger partial charge in [0.1, 0.15) is 5.82 Å². The van der Waals surface area contributed by atoms with Gasteiger partial charge >= 0.3 is 0 Å². The maximum atomic E-state index is 12.9. The zero-order valence-corrected chi connectivity index (χ0v) is 17.0. The van der Waals surface area contributed by atoms with Crippen LogP contribution in [0.3, 0.4) is 0 Å². The summed E-state index contributed by atoms with van der Waals surface area (Å²) in [4.78, 5) is 25.2. The van der Waals surface area contributed by atoms with E-state index in [0.29, 0.717) is 10.9 Å². The normalized spacial score (nSPS) is 19.8. The summed E-state index contributed by atoms with van der Waals surface area (Å²) >= 11 is 6.50. The predicted octanol–water partition coefficient (Wildman–Crippen LogP) is 3.14. The number of hydrogen-bond donors (Lipinski definition) is 2. The molecule has 7 heteroatoms. The van der Waals surface area contributed by atoms with Crippen molar-refractivity contribution in [3.05, 3.63) is 47.5 Å². The van der Waals surface area contributed by atoms with Crippen molar-refractivity contribution in [2.24, 2.45) is 5.92 Å². The number of nitrogens with zero attached hydrogens (tertiary/aromatic N) is 3. The van der Waals surface area contributed by atoms with E-state index < -0.39 is 0 Å². The van der Waals surface area contributed by atoms with Gasteiger partial charge in [-0.3, -0.25) is 4.79 Å². The third kappa shape index (κ3) is 3.58. The van der Waals surface area contributed by atoms with Gasteiger partial charge in [-0.05, 0) is 36.8 Å². The number of carbonyl (C=O) groups excluding carboxylic acids is 1. The topological polar surface area (TPSA) is 64.3 Å². The van der Waals surface area contributed by atoms with Crippen LogP contribution in [0.15, 0.2) is 42.5 Å². The van der Waals surface area contributed by atoms with Crippen molar-refractivity contribution in [2.45, 2.75) is 6.42 Å². The largest absolute Gasteiger partial charge is 0.371 e. The molecule has 0 saturated carbocycles. The Labute approximate surface area is 174 Å². The number of halogens is 1. The highest BCUT2D eigenvalue weighted by molar-refractivity contribution is 6.33. The maximum absolute atomic E-state index is 12.9. The molecule has 3 aromatic rings. The number of aromatic amines is 1. The van der Waals surface area contributed by atoms with Crippen LogP contribution in [0.1, 0.15) is 6.42 Å². The molecule has 1 aromatic heterocycles. The highest BCUT2D eigenvalue weighted by Crippen LogP contribution is 2.33. The summed E-state index contributed by atoms with van der Waals surface area (Å²) < 4.78 is 0. The molecule has 2 aliphatic rings. The van der Waals surface area contributed by atoms with Gasteiger partial charge in [0.15, 0.2) is 0 Å². The molecule has 3 heterocycles. The number of nitrogens with one attached hydrogen (secondary N) is 2. The second-order valence-corrected chi connectivity index (χ2v) is 8.18. The first-order valence-corrected chi connectivity index (χ1v) is 10.6. The molecular formula is C22H24ClN5O. The highest BCUT2D eigenvalue weighted by Gasteiger charge is 2.32. The number of fused-ring (bicyclic) bond motifs is 1. The lowest BCUT2D eigenvalue weighted by molar-refractivity contribution is -0.135. The van der Waals surface area contributed by atoms with E-state index in [1.54, 1.807) is 0 Å². The van der Waals surface area contributed by atoms with Crippen LogP contribution in [-0.2, 0) is 4.79 Å². The van der Waals surface area contributed by atoms with Crippen LogP contribution >= 0.6 is 11.6 Å². The Morgan fingerprint density at radius 2 is 1.93 bits per heavy atom. The fraction of sp³-hybridized carbons (Fsp3) is 0.364. The molecule has 0 aliphatic carbocycles. The molecular weight excluding hydrogens is 386 g/mol. The summed E-state index contributed by atoms with van der Waals surface area (Å²) in [5.41, 5.74) is 3.89. The molecule has 1 amide bonds. The Balaban J connectivity index is 1.37. The van der Waals surface area contributed by atoms with Crippen molar-refractivity contribution in [3.63, 3.8) is 0 Å². The summed E-state index contributed by atoms with van der Waals surface area (Å²) in [7, 11) is 0. The quantitative estimate of drug-likeness (QED) is 0.697. The third-order valence-electron chi connectivity index (χ3n) is 5.93. The second kappa shape index (κ2) is 7.69. The smallest absolute Gasteiger partial charge is 0.227 e. The summed E-state index contributed by atoms with van der Waals surface area (Å²) in [6.45, 7) is 5.03. The van der Waals surface area contributed by atoms with Crippen LogP contribution in [0.5, 0.6) is 0 Å². The van der Waals surface area contributed by atoms with Gasteiger partial charge in [-0.25, -0.2) is 4.98 Å². The zero-order valence-electron chi connectivity index (χ0n) is 16.2. The van der Waals surface area contributed by atoms with Crippen LogP contribution in [-0.4, -0.2) is 60.0 Å². The first kappa shape index (κ1) is 18.5. The molecule has 2 aliphatic heterocycles. The van der Waals surface area contributed by atoms with Gasteiger partial charge in [-0.2, -0.15) is 0 Å². The lowest BCUT2D eigenvalue weighted by Crippen LogP contribution is -2.48. The number of benzene rings is 2. The van der Waals surface area contributed by atoms with E-state index in [-0.39, 0.29) is 5.92 Å². The predicted molar refractivity (Wildman–Crippen MR) is 116 cm³/mol. The van der Waals surface area contributed by atoms with Crippen molar-refractivity contribution in [3.8, 4) is 11.4 Å². The Hall–Kier alpha value is -2.57. The molecule has 1 atom stereocenters. The van der Waals surface area contributed by atoms with Crippen molar-refractivity contribution in [2.75, 3.05) is 44.2 Å². The summed E-state index contributed by atoms with van der Waals surface area (Å²) in [6.07, 6.45) is 0.894. The average molecular weight is 410 g/mol. The Kier molecular flexibility index (Phi) is 4.89. The van der Waals surface area contributed by atoms with E-state index >= 15 is 0 Å². The number of imidazole rings is 1. The average Bonchev–Trinajstić information content (AvgIpc) is 3.41. The molecule has 1 unspecified atom stereocenters. The van der Waals surface area contributed by atoms with Crippen LogP contribution in [0.4, 0.5) is 5.69 Å². The molecule has 2 fully saturated rings. The van der Waals surface area contributed by atoms with Crippen LogP contribution in [0.2, 0.25) is 5.02 Å². The fourth-order valence-electron chi connectivity index (χ4n) is 4.31. The van der Waals surface area contributed by atoms with Gasteiger partial charge in [0, 0.05) is 50.5 Å². The van der Waals surface area contributed by atoms with Crippen molar-refractivity contribution < 1.29 is 4.79 Å². The molecule has 5 rings (SSSR count). The molecule has 6 nitrogen and oxygen atoms in total. The molecule has 2 aromatic carbocycles. The minimum Gasteiger partial charge on any atom is -0.371 e. The lowest BCUT2D eigenvalue weighted by atomic mass is 10.1. The summed E-state index contributed by atoms with van der Waals surface area (Å²) in [6, 6.07) is 14.0. The van der Waals surface area contributed by atoms with Crippen LogP contribution in [0.25, 0.3) is 22.4 Å². The number of aromatic nitrogens is 2. The van der Waals surface area contributed by atoms with Crippen LogP contribution < -0.4 is 10.2 Å². The Morgan fingerprint density at radius 3 is 2.76 bits per heavy atom. The molecule has 29 heavy (non-hydrogen) atoms. The number of H-pyrrole nitrogens is 1. The zero-order chi connectivity index (χ0) is 19.8. The van der Waals surface area contributed by atoms with Gasteiger partial charge in [-0.1, -0.05) is 23.7 Å². The number of rotatable bonds is 3. The van der Waals surface area contributed by atoms with Crippen molar-refractivity contribution >= 4 is 34.2 Å². The third-order valence-corrected chi connectivity index (χ3v) is 6.26. The minimum absolute atomic E-state index is 0.0680. The Morgan fingerprint density at radius 1 is 1.10 bits per heavy atom. The molecule has 0 spiro atoms. The number of para-hydroxylation sites is 2. The SMILES string of the molecule is O=C(C1CCN(c2ccc(Cl)c(-c3nc4ccccc4[nH]3)c2)C1)N1CCNCC1. The van der Waals surface area contributed by atoms with E-state index in [2.05, 4.69) is 21.3 Å². The van der Waals surface area contributed by atoms with Crippen LogP contribution in [0, 0.1) is 5.92 Å². The van der Waals surface area contributed by atoms with E-state index in [9.17, 15) is 4.79 Å². The second-order valence-electron chi connectivity index (χ2n) is 7.77. The summed E-state index contributed by atoms with van der Waals surface area (Å²) in [5, 5.41) is 3.97. The maximum Gasteiger partial charge on any atom is 0.227 e. The first-order chi connectivity index (χ1) is 14.2. The van der Waals surface area contributed by atoms with Gasteiger partial charge in [-0.15, -0.1) is 0 Å². The molecule has 150 valence electrons. The number of piperazine rings is 1. The number of carbonyl (C=O) groups is 1. The molecule has 0 bridgehead atoms. The van der Waals surface area contributed by atoms with Gasteiger partial charge in [0.05, 0.1) is 22.0 Å². The minimum atomic E-state index is 0.0680. The summed E-state index contributed by atoms with van der Waals surface area (Å²) in [5.74, 6) is 1.13. The monoisotopic (exact) mass is 409 g/mol. The lowest BCUT2D eigenvalue weighted by Gasteiger charge is -2.29. The van der Waals surface area contributed by atoms with E-state index in [1.165, 1.54) is 0 Å². The van der Waals surface area contributed by atoms with Crippen molar-refractivity contribution in [1.82, 2.24) is 20.2 Å². The number of anilines is 1. The van der Waals surface area contributed by atoms with E-state index in [1.807, 2.05) is 41.3 Å². The molecule has 2 N–H and O–H groups in total. The molecule has 0 radical (unpaired) electrons. The first-order valence-electron chi connectivity index (χ1n) is 10.2. The molecule has 2 saturated heterocycles. The van der Waals surface area contributed by atoms with Gasteiger partial charge < -0.3 is 20.1 Å². The highest BCUT2D eigenvalue weighted by atomic mass is 35.5. The van der Waals surface area contributed by atoms with Gasteiger partial charge in [0.2, 0.25) is 5.91 Å². The number of amides is 1. The van der Waals surface area contributed by atoms with E-state index in [0.717, 1.165) is 73.8 Å². The number of hydrogen-bond acceptors (Lipinski definition) is 4. The van der Waals surface area contributed by atoms with Gasteiger partial charge in [0.25, 0.3) is 0 Å². The van der Waals surface area contributed by atoms with E-state index in [4.69, 9.17) is 16.6 Å². The fourth-order valence-corrected chi connectivity index (χ4v) is 4.52.